The van der Waals surface area contributed by atoms with E-state index in [9.17, 15) is 4.79 Å². The molecule has 3 heteroatoms. The van der Waals surface area contributed by atoms with E-state index in [1.807, 2.05) is 44.5 Å². The molecule has 0 radical (unpaired) electrons. The third-order valence-electron chi connectivity index (χ3n) is 2.79. The Labute approximate surface area is 88.7 Å². The molecule has 0 aliphatic carbocycles. The Hall–Kier alpha value is -1.51. The Kier molecular flexibility index (Phi) is 2.18. The van der Waals surface area contributed by atoms with Gasteiger partial charge >= 0.3 is 0 Å². The highest BCUT2D eigenvalue weighted by atomic mass is 16.1. The van der Waals surface area contributed by atoms with Crippen molar-refractivity contribution in [3.63, 3.8) is 0 Å². The van der Waals surface area contributed by atoms with Crippen LogP contribution in [0.25, 0.3) is 5.52 Å². The first kappa shape index (κ1) is 10.0. The normalized spacial score (nSPS) is 11.5. The standard InChI is InChI=1S/C12H16N2O/c1-7(2)10-6-14-11(5-8(3)13-14)9(4)12(10)15/h5-7,13H,1-4H3. The maximum atomic E-state index is 12.0. The van der Waals surface area contributed by atoms with E-state index in [0.717, 1.165) is 22.3 Å². The van der Waals surface area contributed by atoms with Gasteiger partial charge in [-0.15, -0.1) is 0 Å². The Morgan fingerprint density at radius 2 is 2.00 bits per heavy atom. The molecule has 2 aromatic rings. The second-order valence-corrected chi connectivity index (χ2v) is 4.39. The molecule has 2 aromatic heterocycles. The molecule has 0 atom stereocenters. The van der Waals surface area contributed by atoms with Crippen LogP contribution in [-0.4, -0.2) is 9.61 Å². The zero-order valence-electron chi connectivity index (χ0n) is 9.59. The molecule has 0 saturated heterocycles. The van der Waals surface area contributed by atoms with Gasteiger partial charge in [0.1, 0.15) is 0 Å². The summed E-state index contributed by atoms with van der Waals surface area (Å²) >= 11 is 0. The van der Waals surface area contributed by atoms with E-state index in [1.54, 1.807) is 0 Å². The van der Waals surface area contributed by atoms with Gasteiger partial charge in [0.2, 0.25) is 0 Å². The summed E-state index contributed by atoms with van der Waals surface area (Å²) in [5.74, 6) is 0.261. The van der Waals surface area contributed by atoms with Crippen LogP contribution < -0.4 is 5.43 Å². The minimum Gasteiger partial charge on any atom is -0.299 e. The van der Waals surface area contributed by atoms with Gasteiger partial charge in [-0.2, -0.15) is 0 Å². The molecule has 0 bridgehead atoms. The highest BCUT2D eigenvalue weighted by Crippen LogP contribution is 2.14. The van der Waals surface area contributed by atoms with Crippen LogP contribution >= 0.6 is 0 Å². The minimum atomic E-state index is 0.170. The first-order valence-corrected chi connectivity index (χ1v) is 5.22. The first-order valence-electron chi connectivity index (χ1n) is 5.22. The number of hydrogen-bond acceptors (Lipinski definition) is 1. The number of pyridine rings is 1. The topological polar surface area (TPSA) is 37.3 Å². The number of nitrogens with one attached hydrogen (secondary N) is 1. The van der Waals surface area contributed by atoms with Crippen molar-refractivity contribution in [3.05, 3.63) is 39.3 Å². The summed E-state index contributed by atoms with van der Waals surface area (Å²) in [7, 11) is 0. The summed E-state index contributed by atoms with van der Waals surface area (Å²) in [4.78, 5) is 12.0. The summed E-state index contributed by atoms with van der Waals surface area (Å²) in [6.07, 6.45) is 1.91. The molecule has 2 rings (SSSR count). The van der Waals surface area contributed by atoms with E-state index < -0.39 is 0 Å². The molecule has 0 aliphatic heterocycles. The number of aromatic amines is 1. The Balaban J connectivity index is 2.88. The van der Waals surface area contributed by atoms with Gasteiger partial charge in [0, 0.05) is 23.0 Å². The molecular formula is C12H16N2O. The maximum Gasteiger partial charge on any atom is 0.188 e. The second kappa shape index (κ2) is 3.26. The molecular weight excluding hydrogens is 188 g/mol. The van der Waals surface area contributed by atoms with E-state index in [0.29, 0.717) is 0 Å². The highest BCUT2D eigenvalue weighted by Gasteiger charge is 2.11. The number of nitrogens with zero attached hydrogens (tertiary/aromatic N) is 1. The molecule has 0 amide bonds. The van der Waals surface area contributed by atoms with Crippen molar-refractivity contribution < 1.29 is 0 Å². The van der Waals surface area contributed by atoms with Crippen LogP contribution in [0.1, 0.15) is 36.6 Å². The van der Waals surface area contributed by atoms with Gasteiger partial charge < -0.3 is 0 Å². The van der Waals surface area contributed by atoms with Crippen LogP contribution in [0.4, 0.5) is 0 Å². The molecule has 0 spiro atoms. The summed E-state index contributed by atoms with van der Waals surface area (Å²) in [6.45, 7) is 7.96. The number of aromatic nitrogens is 2. The third-order valence-corrected chi connectivity index (χ3v) is 2.79. The van der Waals surface area contributed by atoms with E-state index in [-0.39, 0.29) is 11.3 Å². The van der Waals surface area contributed by atoms with Crippen molar-refractivity contribution in [2.45, 2.75) is 33.6 Å². The molecule has 0 unspecified atom stereocenters. The fraction of sp³-hybridized carbons (Fsp3) is 0.417. The second-order valence-electron chi connectivity index (χ2n) is 4.39. The van der Waals surface area contributed by atoms with Gasteiger partial charge in [-0.25, -0.2) is 0 Å². The lowest BCUT2D eigenvalue weighted by Gasteiger charge is -2.07. The number of aryl methyl sites for hydroxylation is 2. The average Bonchev–Trinajstić information content (AvgIpc) is 2.52. The van der Waals surface area contributed by atoms with E-state index in [2.05, 4.69) is 5.10 Å². The van der Waals surface area contributed by atoms with Crippen molar-refractivity contribution in [2.24, 2.45) is 0 Å². The fourth-order valence-electron chi connectivity index (χ4n) is 1.89. The number of rotatable bonds is 1. The summed E-state index contributed by atoms with van der Waals surface area (Å²) in [6, 6.07) is 2.00. The molecule has 3 nitrogen and oxygen atoms in total. The number of fused-ring (bicyclic) bond motifs is 1. The monoisotopic (exact) mass is 204 g/mol. The zero-order chi connectivity index (χ0) is 11.2. The largest absolute Gasteiger partial charge is 0.299 e. The molecule has 80 valence electrons. The molecule has 0 saturated carbocycles. The smallest absolute Gasteiger partial charge is 0.188 e. The van der Waals surface area contributed by atoms with Gasteiger partial charge in [0.15, 0.2) is 5.43 Å². The van der Waals surface area contributed by atoms with E-state index >= 15 is 0 Å². The van der Waals surface area contributed by atoms with Crippen molar-refractivity contribution in [1.29, 1.82) is 0 Å². The molecule has 1 N–H and O–H groups in total. The molecule has 0 aromatic carbocycles. The average molecular weight is 204 g/mol. The molecule has 2 heterocycles. The van der Waals surface area contributed by atoms with Gasteiger partial charge in [-0.1, -0.05) is 13.8 Å². The number of H-pyrrole nitrogens is 1. The lowest BCUT2D eigenvalue weighted by atomic mass is 10.0. The van der Waals surface area contributed by atoms with Crippen LogP contribution in [0.3, 0.4) is 0 Å². The molecule has 0 fully saturated rings. The van der Waals surface area contributed by atoms with Crippen LogP contribution in [0.2, 0.25) is 0 Å². The third kappa shape index (κ3) is 1.48. The highest BCUT2D eigenvalue weighted by molar-refractivity contribution is 5.55. The first-order chi connectivity index (χ1) is 7.00. The van der Waals surface area contributed by atoms with Gasteiger partial charge in [-0.3, -0.25) is 14.4 Å². The minimum absolute atomic E-state index is 0.170. The Morgan fingerprint density at radius 3 is 2.60 bits per heavy atom. The van der Waals surface area contributed by atoms with Crippen molar-refractivity contribution in [1.82, 2.24) is 9.61 Å². The van der Waals surface area contributed by atoms with Crippen molar-refractivity contribution >= 4 is 5.52 Å². The van der Waals surface area contributed by atoms with Crippen LogP contribution in [0.15, 0.2) is 17.1 Å². The van der Waals surface area contributed by atoms with E-state index in [1.165, 1.54) is 0 Å². The predicted molar refractivity (Wildman–Crippen MR) is 61.6 cm³/mol. The zero-order valence-corrected chi connectivity index (χ0v) is 9.59. The van der Waals surface area contributed by atoms with Crippen LogP contribution in [0, 0.1) is 13.8 Å². The van der Waals surface area contributed by atoms with Crippen LogP contribution in [0.5, 0.6) is 0 Å². The maximum absolute atomic E-state index is 12.0. The Morgan fingerprint density at radius 1 is 1.33 bits per heavy atom. The fourth-order valence-corrected chi connectivity index (χ4v) is 1.89. The van der Waals surface area contributed by atoms with E-state index in [4.69, 9.17) is 0 Å². The van der Waals surface area contributed by atoms with Gasteiger partial charge in [0.05, 0.1) is 5.52 Å². The van der Waals surface area contributed by atoms with Crippen molar-refractivity contribution in [2.75, 3.05) is 0 Å². The summed E-state index contributed by atoms with van der Waals surface area (Å²) in [5.41, 5.74) is 3.90. The summed E-state index contributed by atoms with van der Waals surface area (Å²) in [5, 5.41) is 3.20. The SMILES string of the molecule is Cc1cc2c(C)c(=O)c(C(C)C)cn2[nH]1. The van der Waals surface area contributed by atoms with Crippen molar-refractivity contribution in [3.8, 4) is 0 Å². The molecule has 0 aliphatic rings. The van der Waals surface area contributed by atoms with Crippen LogP contribution in [-0.2, 0) is 0 Å². The lowest BCUT2D eigenvalue weighted by Crippen LogP contribution is -2.15. The Bertz CT molecular complexity index is 561. The summed E-state index contributed by atoms with van der Waals surface area (Å²) < 4.78 is 1.93. The number of hydrogen-bond donors (Lipinski definition) is 1. The predicted octanol–water partition coefficient (Wildman–Crippen LogP) is 2.37. The quantitative estimate of drug-likeness (QED) is 0.760. The molecule has 15 heavy (non-hydrogen) atoms. The van der Waals surface area contributed by atoms with Gasteiger partial charge in [-0.05, 0) is 25.8 Å². The van der Waals surface area contributed by atoms with Gasteiger partial charge in [0.25, 0.3) is 0 Å². The lowest BCUT2D eigenvalue weighted by molar-refractivity contribution is 0.818.